The first-order chi connectivity index (χ1) is 22.2. The van der Waals surface area contributed by atoms with E-state index in [9.17, 15) is 8.42 Å². The van der Waals surface area contributed by atoms with E-state index in [1.165, 1.54) is 16.2 Å². The van der Waals surface area contributed by atoms with Crippen molar-refractivity contribution in [2.75, 3.05) is 75.2 Å². The average molecular weight is 648 g/mol. The Morgan fingerprint density at radius 1 is 1.00 bits per heavy atom. The van der Waals surface area contributed by atoms with Gasteiger partial charge < -0.3 is 30.2 Å². The molecule has 0 aliphatic carbocycles. The summed E-state index contributed by atoms with van der Waals surface area (Å²) in [6.07, 6.45) is 6.41. The van der Waals surface area contributed by atoms with Gasteiger partial charge in [0.1, 0.15) is 22.9 Å². The largest absolute Gasteiger partial charge is 0.494 e. The van der Waals surface area contributed by atoms with E-state index in [0.717, 1.165) is 63.8 Å². The highest BCUT2D eigenvalue weighted by atomic mass is 32.2. The molecule has 46 heavy (non-hydrogen) atoms. The Labute approximate surface area is 267 Å². The van der Waals surface area contributed by atoms with Gasteiger partial charge in [0.2, 0.25) is 16.0 Å². The van der Waals surface area contributed by atoms with Crippen molar-refractivity contribution in [1.82, 2.24) is 28.7 Å². The zero-order chi connectivity index (χ0) is 32.0. The van der Waals surface area contributed by atoms with E-state index in [4.69, 9.17) is 9.72 Å². The minimum atomic E-state index is -3.54. The van der Waals surface area contributed by atoms with Crippen molar-refractivity contribution in [3.05, 3.63) is 60.7 Å². The molecule has 0 unspecified atom stereocenters. The summed E-state index contributed by atoms with van der Waals surface area (Å²) in [5, 5.41) is 7.93. The molecule has 2 aliphatic heterocycles. The van der Waals surface area contributed by atoms with Crippen molar-refractivity contribution in [3.8, 4) is 5.75 Å². The van der Waals surface area contributed by atoms with Crippen LogP contribution in [0.1, 0.15) is 12.8 Å². The van der Waals surface area contributed by atoms with Crippen LogP contribution in [0.4, 0.5) is 33.2 Å². The van der Waals surface area contributed by atoms with Gasteiger partial charge in [0.05, 0.1) is 30.0 Å². The first kappa shape index (κ1) is 30.3. The van der Waals surface area contributed by atoms with Crippen LogP contribution < -0.4 is 20.3 Å². The van der Waals surface area contributed by atoms with Crippen LogP contribution >= 0.6 is 0 Å². The molecule has 14 heteroatoms. The van der Waals surface area contributed by atoms with E-state index in [-0.39, 0.29) is 11.8 Å². The zero-order valence-corrected chi connectivity index (χ0v) is 26.9. The Bertz CT molecular complexity index is 1990. The monoisotopic (exact) mass is 647 g/mol. The summed E-state index contributed by atoms with van der Waals surface area (Å²) >= 11 is 0. The van der Waals surface area contributed by atoms with Gasteiger partial charge in [-0.15, -0.1) is 0 Å². The Morgan fingerprint density at radius 2 is 1.78 bits per heavy atom. The number of H-pyrrole nitrogens is 1. The Kier molecular flexibility index (Phi) is 7.95. The molecule has 0 saturated carbocycles. The number of methoxy groups -OCH3 is 1. The summed E-state index contributed by atoms with van der Waals surface area (Å²) in [4.78, 5) is 19.4. The lowest BCUT2D eigenvalue weighted by Gasteiger charge is -2.42. The number of nitrogens with zero attached hydrogens (tertiary/aromatic N) is 6. The van der Waals surface area contributed by atoms with Gasteiger partial charge in [0.15, 0.2) is 5.82 Å². The zero-order valence-electron chi connectivity index (χ0n) is 26.1. The van der Waals surface area contributed by atoms with Crippen molar-refractivity contribution in [1.29, 1.82) is 0 Å². The Morgan fingerprint density at radius 3 is 2.52 bits per heavy atom. The number of likely N-dealkylation sites (N-methyl/N-ethyl adjacent to an activating group) is 1. The fourth-order valence-corrected chi connectivity index (χ4v) is 7.46. The molecule has 2 saturated heterocycles. The third-order valence-electron chi connectivity index (χ3n) is 9.04. The predicted molar refractivity (Wildman–Crippen MR) is 180 cm³/mol. The summed E-state index contributed by atoms with van der Waals surface area (Å²) in [5.74, 6) is 0.737. The van der Waals surface area contributed by atoms with Gasteiger partial charge in [-0.3, -0.25) is 4.90 Å². The highest BCUT2D eigenvalue weighted by molar-refractivity contribution is 7.89. The molecular formula is C32H38FN9O3S. The van der Waals surface area contributed by atoms with Crippen molar-refractivity contribution >= 4 is 60.8 Å². The molecule has 0 spiro atoms. The molecule has 3 aromatic heterocycles. The third-order valence-corrected chi connectivity index (χ3v) is 10.1. The number of para-hydroxylation sites is 1. The van der Waals surface area contributed by atoms with Crippen LogP contribution in [0.3, 0.4) is 0 Å². The number of ether oxygens (including phenoxy) is 1. The van der Waals surface area contributed by atoms with E-state index in [1.807, 2.05) is 18.2 Å². The number of piperazine rings is 1. The maximum Gasteiger partial charge on any atom is 0.236 e. The maximum atomic E-state index is 15.8. The molecule has 0 amide bonds. The lowest BCUT2D eigenvalue weighted by atomic mass is 10.0. The number of anilines is 5. The molecule has 7 rings (SSSR count). The van der Waals surface area contributed by atoms with Gasteiger partial charge in [-0.1, -0.05) is 12.1 Å². The number of nitrogens with one attached hydrogen (secondary N) is 3. The van der Waals surface area contributed by atoms with Crippen molar-refractivity contribution in [2.45, 2.75) is 18.9 Å². The summed E-state index contributed by atoms with van der Waals surface area (Å²) in [6, 6.07) is 12.8. The number of hydrogen-bond acceptors (Lipinski definition) is 10. The first-order valence-electron chi connectivity index (χ1n) is 15.4. The van der Waals surface area contributed by atoms with E-state index in [0.29, 0.717) is 51.2 Å². The molecule has 2 fully saturated rings. The van der Waals surface area contributed by atoms with Crippen LogP contribution in [0.15, 0.2) is 54.9 Å². The van der Waals surface area contributed by atoms with Crippen molar-refractivity contribution in [3.63, 3.8) is 0 Å². The number of piperidine rings is 1. The molecular weight excluding hydrogens is 609 g/mol. The number of halogens is 1. The Hall–Kier alpha value is -4.40. The number of benzene rings is 2. The summed E-state index contributed by atoms with van der Waals surface area (Å²) in [6.45, 7) is 5.85. The Balaban J connectivity index is 1.14. The van der Waals surface area contributed by atoms with Gasteiger partial charge in [-0.05, 0) is 44.2 Å². The SMILES string of the molecule is COc1cc(Nc2nc(Nc3cccc4ccn(S(C)(=O)=O)c34)c3cc[nH]c3n2)cc(F)c1N1CCC(N2CCN(C)CC2)CC1. The number of rotatable bonds is 8. The molecule has 0 bridgehead atoms. The highest BCUT2D eigenvalue weighted by Crippen LogP contribution is 2.38. The number of fused-ring (bicyclic) bond motifs is 2. The number of aromatic amines is 1. The normalized spacial score (nSPS) is 17.2. The predicted octanol–water partition coefficient (Wildman–Crippen LogP) is 4.57. The van der Waals surface area contributed by atoms with Crippen LogP contribution in [0, 0.1) is 5.82 Å². The van der Waals surface area contributed by atoms with Crippen molar-refractivity contribution < 1.29 is 17.5 Å². The minimum absolute atomic E-state index is 0.227. The second kappa shape index (κ2) is 12.1. The summed E-state index contributed by atoms with van der Waals surface area (Å²) in [7, 11) is 0.172. The van der Waals surface area contributed by atoms with Crippen LogP contribution in [0.2, 0.25) is 0 Å². The second-order valence-corrected chi connectivity index (χ2v) is 13.9. The van der Waals surface area contributed by atoms with Crippen LogP contribution in [0.5, 0.6) is 5.75 Å². The molecule has 2 aromatic carbocycles. The molecule has 242 valence electrons. The van der Waals surface area contributed by atoms with E-state index in [1.54, 1.807) is 31.5 Å². The van der Waals surface area contributed by atoms with Crippen LogP contribution in [-0.2, 0) is 10.0 Å². The van der Waals surface area contributed by atoms with Crippen molar-refractivity contribution in [2.24, 2.45) is 0 Å². The summed E-state index contributed by atoms with van der Waals surface area (Å²) < 4.78 is 47.7. The molecule has 3 N–H and O–H groups in total. The molecule has 5 heterocycles. The fourth-order valence-electron chi connectivity index (χ4n) is 6.64. The van der Waals surface area contributed by atoms with Gasteiger partial charge >= 0.3 is 0 Å². The van der Waals surface area contributed by atoms with Gasteiger partial charge in [-0.2, -0.15) is 9.97 Å². The fraction of sp³-hybridized carbons (Fsp3) is 0.375. The first-order valence-corrected chi connectivity index (χ1v) is 17.3. The smallest absolute Gasteiger partial charge is 0.236 e. The van der Waals surface area contributed by atoms with Gasteiger partial charge in [-0.25, -0.2) is 16.8 Å². The van der Waals surface area contributed by atoms with Crippen LogP contribution in [-0.4, -0.2) is 103 Å². The topological polar surface area (TPSA) is 124 Å². The minimum Gasteiger partial charge on any atom is -0.494 e. The quantitative estimate of drug-likeness (QED) is 0.221. The molecule has 2 aliphatic rings. The highest BCUT2D eigenvalue weighted by Gasteiger charge is 2.29. The molecule has 0 atom stereocenters. The van der Waals surface area contributed by atoms with Gasteiger partial charge in [0, 0.05) is 74.8 Å². The van der Waals surface area contributed by atoms with Gasteiger partial charge in [0.25, 0.3) is 0 Å². The summed E-state index contributed by atoms with van der Waals surface area (Å²) in [5.41, 5.74) is 2.54. The molecule has 0 radical (unpaired) electrons. The van der Waals surface area contributed by atoms with E-state index < -0.39 is 10.0 Å². The molecule has 5 aromatic rings. The number of hydrogen-bond donors (Lipinski definition) is 3. The standard InChI is InChI=1S/C32H38FN9O3S/c1-39-15-17-40(18-16-39)23-9-12-41(13-10-23)29-25(33)19-22(20-27(29)45-2)35-32-37-30-24(7-11-34-30)31(38-32)36-26-6-4-5-21-8-14-42(28(21)26)46(3,43)44/h4-8,11,14,19-20,23H,9-10,12-13,15-18H2,1-3H3,(H3,34,35,36,37,38). The second-order valence-electron chi connectivity index (χ2n) is 12.1. The maximum absolute atomic E-state index is 15.8. The number of aromatic nitrogens is 4. The lowest BCUT2D eigenvalue weighted by molar-refractivity contribution is 0.0980. The lowest BCUT2D eigenvalue weighted by Crippen LogP contribution is -2.52. The van der Waals surface area contributed by atoms with E-state index >= 15 is 4.39 Å². The molecule has 12 nitrogen and oxygen atoms in total. The van der Waals surface area contributed by atoms with E-state index in [2.05, 4.69) is 42.3 Å². The van der Waals surface area contributed by atoms with Crippen LogP contribution in [0.25, 0.3) is 21.9 Å². The average Bonchev–Trinajstić information content (AvgIpc) is 3.70. The third kappa shape index (κ3) is 5.83.